The van der Waals surface area contributed by atoms with Gasteiger partial charge in [0.2, 0.25) is 0 Å². The number of hydrogen-bond acceptors (Lipinski definition) is 6. The van der Waals surface area contributed by atoms with Gasteiger partial charge >= 0.3 is 0 Å². The lowest BCUT2D eigenvalue weighted by Gasteiger charge is -2.36. The number of ether oxygens (including phenoxy) is 2. The molecule has 0 bridgehead atoms. The van der Waals surface area contributed by atoms with E-state index in [1.165, 1.54) is 0 Å². The number of ketones is 1. The van der Waals surface area contributed by atoms with Crippen molar-refractivity contribution >= 4 is 11.5 Å². The third-order valence-corrected chi connectivity index (χ3v) is 3.90. The van der Waals surface area contributed by atoms with Gasteiger partial charge in [-0.25, -0.2) is 0 Å². The molecular weight excluding hydrogens is 298 g/mol. The number of para-hydroxylation sites is 1. The number of likely N-dealkylation sites (N-methyl/N-ethyl adjacent to an activating group) is 1. The van der Waals surface area contributed by atoms with Crippen molar-refractivity contribution in [2.75, 3.05) is 25.1 Å². The van der Waals surface area contributed by atoms with Gasteiger partial charge in [-0.2, -0.15) is 0 Å². The molecule has 0 aromatic heterocycles. The van der Waals surface area contributed by atoms with Crippen molar-refractivity contribution in [3.63, 3.8) is 0 Å². The van der Waals surface area contributed by atoms with Gasteiger partial charge in [0.25, 0.3) is 0 Å². The molecule has 1 fully saturated rings. The standard InChI is InChI=1S/C17H25NO5/c1-3-7-15-22-11-14(20)17(23-15)16(21)13(19)10-18(2)12-8-5-4-6-9-12/h4-6,8-9,14-17,20-21H,3,7,10-11H2,1-2H3/t14-,15?,16-,17-/m1/s1. The average Bonchev–Trinajstić information content (AvgIpc) is 2.57. The number of nitrogens with zero attached hydrogens (tertiary/aromatic N) is 1. The van der Waals surface area contributed by atoms with E-state index in [4.69, 9.17) is 9.47 Å². The lowest BCUT2D eigenvalue weighted by molar-refractivity contribution is -0.269. The summed E-state index contributed by atoms with van der Waals surface area (Å²) in [6.07, 6.45) is -2.30. The van der Waals surface area contributed by atoms with Crippen molar-refractivity contribution < 1.29 is 24.5 Å². The zero-order chi connectivity index (χ0) is 16.8. The molecule has 2 rings (SSSR count). The molecule has 4 atom stereocenters. The van der Waals surface area contributed by atoms with E-state index in [0.29, 0.717) is 6.42 Å². The maximum atomic E-state index is 12.3. The van der Waals surface area contributed by atoms with Crippen molar-refractivity contribution in [2.45, 2.75) is 44.4 Å². The van der Waals surface area contributed by atoms with Crippen LogP contribution in [0.4, 0.5) is 5.69 Å². The van der Waals surface area contributed by atoms with Crippen LogP contribution in [0.1, 0.15) is 19.8 Å². The molecule has 6 heteroatoms. The zero-order valence-electron chi connectivity index (χ0n) is 13.6. The molecule has 1 saturated heterocycles. The summed E-state index contributed by atoms with van der Waals surface area (Å²) >= 11 is 0. The molecule has 2 N–H and O–H groups in total. The van der Waals surface area contributed by atoms with Gasteiger partial charge in [0.1, 0.15) is 18.3 Å². The average molecular weight is 323 g/mol. The Morgan fingerprint density at radius 2 is 2.09 bits per heavy atom. The van der Waals surface area contributed by atoms with E-state index in [1.807, 2.05) is 37.3 Å². The van der Waals surface area contributed by atoms with Crippen LogP contribution in [0.3, 0.4) is 0 Å². The van der Waals surface area contributed by atoms with Gasteiger partial charge in [-0.05, 0) is 18.6 Å². The Hall–Kier alpha value is -1.47. The molecule has 0 aliphatic carbocycles. The van der Waals surface area contributed by atoms with Crippen LogP contribution in [0.25, 0.3) is 0 Å². The summed E-state index contributed by atoms with van der Waals surface area (Å²) in [5, 5.41) is 20.2. The minimum Gasteiger partial charge on any atom is -0.388 e. The van der Waals surface area contributed by atoms with Gasteiger partial charge < -0.3 is 24.6 Å². The van der Waals surface area contributed by atoms with Gasteiger partial charge in [0.15, 0.2) is 12.1 Å². The Bertz CT molecular complexity index is 495. The van der Waals surface area contributed by atoms with Crippen LogP contribution in [0.15, 0.2) is 30.3 Å². The highest BCUT2D eigenvalue weighted by molar-refractivity contribution is 5.87. The molecule has 0 spiro atoms. The molecule has 0 amide bonds. The van der Waals surface area contributed by atoms with Crippen molar-refractivity contribution in [2.24, 2.45) is 0 Å². The molecule has 6 nitrogen and oxygen atoms in total. The van der Waals surface area contributed by atoms with E-state index in [9.17, 15) is 15.0 Å². The van der Waals surface area contributed by atoms with Gasteiger partial charge in [-0.1, -0.05) is 31.5 Å². The van der Waals surface area contributed by atoms with Gasteiger partial charge in [-0.3, -0.25) is 4.79 Å². The van der Waals surface area contributed by atoms with Crippen LogP contribution in [0, 0.1) is 0 Å². The first kappa shape index (κ1) is 17.9. The summed E-state index contributed by atoms with van der Waals surface area (Å²) in [5.74, 6) is -0.391. The van der Waals surface area contributed by atoms with Crippen molar-refractivity contribution in [3.8, 4) is 0 Å². The molecule has 0 saturated carbocycles. The quantitative estimate of drug-likeness (QED) is 0.778. The van der Waals surface area contributed by atoms with E-state index in [2.05, 4.69) is 0 Å². The summed E-state index contributed by atoms with van der Waals surface area (Å²) in [4.78, 5) is 14.1. The number of rotatable bonds is 7. The smallest absolute Gasteiger partial charge is 0.183 e. The number of carbonyl (C=O) groups is 1. The molecule has 1 unspecified atom stereocenters. The summed E-state index contributed by atoms with van der Waals surface area (Å²) in [6.45, 7) is 2.09. The maximum absolute atomic E-state index is 12.3. The highest BCUT2D eigenvalue weighted by Crippen LogP contribution is 2.20. The molecule has 1 heterocycles. The Kier molecular flexibility index (Phi) is 6.53. The second-order valence-electron chi connectivity index (χ2n) is 5.82. The lowest BCUT2D eigenvalue weighted by Crippen LogP contribution is -2.53. The predicted octanol–water partition coefficient (Wildman–Crippen LogP) is 0.955. The Morgan fingerprint density at radius 1 is 1.39 bits per heavy atom. The summed E-state index contributed by atoms with van der Waals surface area (Å²) in [5.41, 5.74) is 0.880. The number of carbonyl (C=O) groups excluding carboxylic acids is 1. The Balaban J connectivity index is 1.95. The minimum atomic E-state index is -1.38. The highest BCUT2D eigenvalue weighted by Gasteiger charge is 2.38. The first-order chi connectivity index (χ1) is 11.0. The van der Waals surface area contributed by atoms with E-state index in [0.717, 1.165) is 12.1 Å². The third kappa shape index (κ3) is 4.75. The molecule has 0 radical (unpaired) electrons. The van der Waals surface area contributed by atoms with Crippen LogP contribution in [-0.2, 0) is 14.3 Å². The fourth-order valence-electron chi connectivity index (χ4n) is 2.56. The van der Waals surface area contributed by atoms with Crippen LogP contribution in [0.5, 0.6) is 0 Å². The Morgan fingerprint density at radius 3 is 2.74 bits per heavy atom. The molecular formula is C17H25NO5. The lowest BCUT2D eigenvalue weighted by atomic mass is 10.0. The van der Waals surface area contributed by atoms with E-state index < -0.39 is 30.4 Å². The number of benzene rings is 1. The van der Waals surface area contributed by atoms with Crippen molar-refractivity contribution in [1.29, 1.82) is 0 Å². The van der Waals surface area contributed by atoms with Crippen molar-refractivity contribution in [1.82, 2.24) is 0 Å². The molecule has 23 heavy (non-hydrogen) atoms. The fourth-order valence-corrected chi connectivity index (χ4v) is 2.56. The predicted molar refractivity (Wildman–Crippen MR) is 86.3 cm³/mol. The molecule has 128 valence electrons. The second kappa shape index (κ2) is 8.40. The number of aliphatic hydroxyl groups is 2. The topological polar surface area (TPSA) is 79.2 Å². The SMILES string of the molecule is CCCC1OC[C@@H](O)[C@H]([C@H](O)C(=O)CN(C)c2ccccc2)O1. The van der Waals surface area contributed by atoms with Gasteiger partial charge in [0, 0.05) is 12.7 Å². The van der Waals surface area contributed by atoms with Crippen LogP contribution < -0.4 is 4.90 Å². The maximum Gasteiger partial charge on any atom is 0.183 e. The van der Waals surface area contributed by atoms with Gasteiger partial charge in [0.05, 0.1) is 13.2 Å². The number of aliphatic hydroxyl groups excluding tert-OH is 2. The number of Topliss-reactive ketones (excluding diaryl/α,β-unsaturated/α-hetero) is 1. The monoisotopic (exact) mass is 323 g/mol. The van der Waals surface area contributed by atoms with E-state index in [-0.39, 0.29) is 13.2 Å². The second-order valence-corrected chi connectivity index (χ2v) is 5.82. The zero-order valence-corrected chi connectivity index (χ0v) is 13.6. The van der Waals surface area contributed by atoms with E-state index in [1.54, 1.807) is 11.9 Å². The van der Waals surface area contributed by atoms with Crippen LogP contribution in [0.2, 0.25) is 0 Å². The van der Waals surface area contributed by atoms with E-state index >= 15 is 0 Å². The molecule has 1 aliphatic rings. The molecule has 1 aromatic carbocycles. The Labute approximate surface area is 136 Å². The fraction of sp³-hybridized carbons (Fsp3) is 0.588. The first-order valence-corrected chi connectivity index (χ1v) is 7.95. The van der Waals surface area contributed by atoms with Gasteiger partial charge in [-0.15, -0.1) is 0 Å². The van der Waals surface area contributed by atoms with Crippen molar-refractivity contribution in [3.05, 3.63) is 30.3 Å². The molecule has 1 aromatic rings. The summed E-state index contributed by atoms with van der Waals surface area (Å²) in [7, 11) is 1.78. The largest absolute Gasteiger partial charge is 0.388 e. The third-order valence-electron chi connectivity index (χ3n) is 3.90. The molecule has 1 aliphatic heterocycles. The van der Waals surface area contributed by atoms with Crippen LogP contribution in [-0.4, -0.2) is 60.8 Å². The highest BCUT2D eigenvalue weighted by atomic mass is 16.7. The number of hydrogen-bond donors (Lipinski definition) is 2. The van der Waals surface area contributed by atoms with Crippen LogP contribution >= 0.6 is 0 Å². The normalized spacial score (nSPS) is 25.8. The summed E-state index contributed by atoms with van der Waals surface area (Å²) < 4.78 is 10.9. The first-order valence-electron chi connectivity index (χ1n) is 7.95. The number of anilines is 1. The summed E-state index contributed by atoms with van der Waals surface area (Å²) in [6, 6.07) is 9.43. The minimum absolute atomic E-state index is 0.0388.